The van der Waals surface area contributed by atoms with Crippen molar-refractivity contribution >= 4 is 28.4 Å². The number of ether oxygens (including phenoxy) is 2. The van der Waals surface area contributed by atoms with Crippen LogP contribution < -0.4 is 25.0 Å². The van der Waals surface area contributed by atoms with E-state index in [0.717, 1.165) is 50.6 Å². The molecule has 1 aliphatic rings. The molecule has 0 spiro atoms. The van der Waals surface area contributed by atoms with Gasteiger partial charge in [0.1, 0.15) is 29.7 Å². The molecule has 0 saturated carbocycles. The van der Waals surface area contributed by atoms with Crippen molar-refractivity contribution in [1.29, 1.82) is 0 Å². The van der Waals surface area contributed by atoms with Gasteiger partial charge in [0.05, 0.1) is 19.2 Å². The van der Waals surface area contributed by atoms with Crippen LogP contribution in [0.15, 0.2) is 60.7 Å². The Hall–Kier alpha value is -4.33. The molecule has 1 aromatic heterocycles. The number of nitrogens with one attached hydrogen (secondary N) is 2. The smallest absolute Gasteiger partial charge is 0.318 e. The molecule has 2 heterocycles. The minimum atomic E-state index is -0.244. The molecule has 3 aromatic carbocycles. The van der Waals surface area contributed by atoms with Gasteiger partial charge < -0.3 is 25.0 Å². The van der Waals surface area contributed by atoms with Gasteiger partial charge in [-0.2, -0.15) is 0 Å². The summed E-state index contributed by atoms with van der Waals surface area (Å²) >= 11 is 0. The molecule has 0 aliphatic carbocycles. The highest BCUT2D eigenvalue weighted by Crippen LogP contribution is 2.33. The number of methoxy groups -OCH3 is 1. The van der Waals surface area contributed by atoms with Gasteiger partial charge in [0.2, 0.25) is 0 Å². The van der Waals surface area contributed by atoms with E-state index in [9.17, 15) is 4.79 Å². The predicted molar refractivity (Wildman–Crippen MR) is 137 cm³/mol. The lowest BCUT2D eigenvalue weighted by Crippen LogP contribution is -2.26. The number of benzene rings is 3. The van der Waals surface area contributed by atoms with Crippen molar-refractivity contribution in [2.75, 3.05) is 37.5 Å². The van der Waals surface area contributed by atoms with E-state index < -0.39 is 0 Å². The van der Waals surface area contributed by atoms with Crippen molar-refractivity contribution in [3.05, 3.63) is 72.1 Å². The van der Waals surface area contributed by atoms with Crippen molar-refractivity contribution in [1.82, 2.24) is 15.3 Å². The van der Waals surface area contributed by atoms with Gasteiger partial charge in [0.25, 0.3) is 0 Å². The standard InChI is InChI=1S/C27H27N5O3/c1-17-29-24-15-22(34-3)9-10-23(24)26(30-17)32-12-13-35-25-11-6-19(14-20(25)16-32)18-4-7-21(8-5-18)31-27(33)28-2/h4-11,14-15H,12-13,16H2,1-3H3,(H2,28,31,33). The molecule has 35 heavy (non-hydrogen) atoms. The van der Waals surface area contributed by atoms with Crippen LogP contribution in [0.1, 0.15) is 11.4 Å². The predicted octanol–water partition coefficient (Wildman–Crippen LogP) is 4.76. The number of hydrogen-bond donors (Lipinski definition) is 2. The maximum atomic E-state index is 11.6. The van der Waals surface area contributed by atoms with Gasteiger partial charge in [-0.25, -0.2) is 14.8 Å². The molecule has 2 amide bonds. The van der Waals surface area contributed by atoms with Crippen LogP contribution in [0.2, 0.25) is 0 Å². The largest absolute Gasteiger partial charge is 0.497 e. The summed E-state index contributed by atoms with van der Waals surface area (Å²) in [5, 5.41) is 6.32. The van der Waals surface area contributed by atoms with Crippen LogP contribution >= 0.6 is 0 Å². The molecule has 8 nitrogen and oxygen atoms in total. The second kappa shape index (κ2) is 9.50. The van der Waals surface area contributed by atoms with Crippen LogP contribution in [0.4, 0.5) is 16.3 Å². The van der Waals surface area contributed by atoms with Gasteiger partial charge in [-0.1, -0.05) is 18.2 Å². The van der Waals surface area contributed by atoms with Crippen LogP contribution in [0.5, 0.6) is 11.5 Å². The number of carbonyl (C=O) groups excluding carboxylic acids is 1. The zero-order valence-corrected chi connectivity index (χ0v) is 20.0. The molecule has 4 aromatic rings. The average Bonchev–Trinajstić information content (AvgIpc) is 3.10. The quantitative estimate of drug-likeness (QED) is 0.448. The van der Waals surface area contributed by atoms with Crippen LogP contribution in [-0.4, -0.2) is 43.3 Å². The molecule has 2 N–H and O–H groups in total. The van der Waals surface area contributed by atoms with Crippen molar-refractivity contribution in [3.63, 3.8) is 0 Å². The highest BCUT2D eigenvalue weighted by atomic mass is 16.5. The summed E-state index contributed by atoms with van der Waals surface area (Å²) in [7, 11) is 3.25. The molecule has 8 heteroatoms. The lowest BCUT2D eigenvalue weighted by Gasteiger charge is -2.23. The summed E-state index contributed by atoms with van der Waals surface area (Å²) < 4.78 is 11.5. The molecule has 0 bridgehead atoms. The number of carbonyl (C=O) groups is 1. The number of fused-ring (bicyclic) bond motifs is 2. The molecule has 0 saturated heterocycles. The number of anilines is 2. The summed E-state index contributed by atoms with van der Waals surface area (Å²) in [6.45, 7) is 3.84. The fourth-order valence-electron chi connectivity index (χ4n) is 4.27. The van der Waals surface area contributed by atoms with E-state index in [-0.39, 0.29) is 6.03 Å². The SMILES string of the molecule is CNC(=O)Nc1ccc(-c2ccc3c(c2)CN(c2nc(C)nc4cc(OC)ccc24)CCO3)cc1. The van der Waals surface area contributed by atoms with E-state index in [1.54, 1.807) is 14.2 Å². The Balaban J connectivity index is 1.46. The summed E-state index contributed by atoms with van der Waals surface area (Å²) in [5.74, 6) is 3.25. The third-order valence-electron chi connectivity index (χ3n) is 6.04. The lowest BCUT2D eigenvalue weighted by molar-refractivity contribution is 0.254. The molecule has 0 fully saturated rings. The number of aromatic nitrogens is 2. The monoisotopic (exact) mass is 469 g/mol. The van der Waals surface area contributed by atoms with E-state index in [2.05, 4.69) is 32.7 Å². The third-order valence-corrected chi connectivity index (χ3v) is 6.04. The maximum Gasteiger partial charge on any atom is 0.318 e. The Morgan fingerprint density at radius 1 is 1.03 bits per heavy atom. The van der Waals surface area contributed by atoms with Gasteiger partial charge in [0.15, 0.2) is 0 Å². The minimum absolute atomic E-state index is 0.244. The average molecular weight is 470 g/mol. The minimum Gasteiger partial charge on any atom is -0.497 e. The van der Waals surface area contributed by atoms with Crippen molar-refractivity contribution < 1.29 is 14.3 Å². The highest BCUT2D eigenvalue weighted by Gasteiger charge is 2.20. The molecule has 5 rings (SSSR count). The molecular formula is C27H27N5O3. The first-order chi connectivity index (χ1) is 17.0. The van der Waals surface area contributed by atoms with Gasteiger partial charge in [-0.15, -0.1) is 0 Å². The first-order valence-corrected chi connectivity index (χ1v) is 11.5. The first-order valence-electron chi connectivity index (χ1n) is 11.5. The van der Waals surface area contributed by atoms with Crippen LogP contribution in [0, 0.1) is 6.92 Å². The van der Waals surface area contributed by atoms with Gasteiger partial charge >= 0.3 is 6.03 Å². The van der Waals surface area contributed by atoms with E-state index in [1.165, 1.54) is 0 Å². The van der Waals surface area contributed by atoms with Crippen molar-refractivity contribution in [2.24, 2.45) is 0 Å². The Kier molecular flexibility index (Phi) is 6.10. The topological polar surface area (TPSA) is 88.6 Å². The van der Waals surface area contributed by atoms with E-state index in [4.69, 9.17) is 14.5 Å². The second-order valence-electron chi connectivity index (χ2n) is 8.35. The summed E-state index contributed by atoms with van der Waals surface area (Å²) in [6.07, 6.45) is 0. The van der Waals surface area contributed by atoms with Crippen LogP contribution in [0.25, 0.3) is 22.0 Å². The number of amides is 2. The fourth-order valence-corrected chi connectivity index (χ4v) is 4.27. The van der Waals surface area contributed by atoms with E-state index >= 15 is 0 Å². The summed E-state index contributed by atoms with van der Waals surface area (Å²) in [6, 6.07) is 19.7. The number of aryl methyl sites for hydroxylation is 1. The molecule has 178 valence electrons. The zero-order valence-electron chi connectivity index (χ0n) is 20.0. The normalized spacial score (nSPS) is 12.9. The maximum absolute atomic E-state index is 11.6. The third kappa shape index (κ3) is 4.68. The second-order valence-corrected chi connectivity index (χ2v) is 8.35. The highest BCUT2D eigenvalue weighted by molar-refractivity contribution is 5.91. The molecule has 0 unspecified atom stereocenters. The lowest BCUT2D eigenvalue weighted by atomic mass is 10.0. The number of urea groups is 1. The van der Waals surface area contributed by atoms with E-state index in [1.807, 2.05) is 55.5 Å². The van der Waals surface area contributed by atoms with Crippen LogP contribution in [0.3, 0.4) is 0 Å². The van der Waals surface area contributed by atoms with Crippen LogP contribution in [-0.2, 0) is 6.54 Å². The number of nitrogens with zero attached hydrogens (tertiary/aromatic N) is 3. The van der Waals surface area contributed by atoms with E-state index in [0.29, 0.717) is 25.5 Å². The first kappa shape index (κ1) is 22.5. The Morgan fingerprint density at radius 2 is 1.83 bits per heavy atom. The Labute approximate surface area is 203 Å². The molecular weight excluding hydrogens is 442 g/mol. The number of rotatable bonds is 4. The summed E-state index contributed by atoms with van der Waals surface area (Å²) in [4.78, 5) is 23.2. The Bertz CT molecular complexity index is 1390. The van der Waals surface area contributed by atoms with Gasteiger partial charge in [-0.3, -0.25) is 0 Å². The van der Waals surface area contributed by atoms with Gasteiger partial charge in [0, 0.05) is 36.3 Å². The zero-order chi connectivity index (χ0) is 24.4. The Morgan fingerprint density at radius 3 is 2.60 bits per heavy atom. The summed E-state index contributed by atoms with van der Waals surface area (Å²) in [5.41, 5.74) is 4.82. The van der Waals surface area contributed by atoms with Gasteiger partial charge in [-0.05, 0) is 54.4 Å². The van der Waals surface area contributed by atoms with Crippen molar-refractivity contribution in [3.8, 4) is 22.6 Å². The fraction of sp³-hybridized carbons (Fsp3) is 0.222. The van der Waals surface area contributed by atoms with Crippen molar-refractivity contribution in [2.45, 2.75) is 13.5 Å². The molecule has 0 atom stereocenters. The number of hydrogen-bond acceptors (Lipinski definition) is 6. The molecule has 0 radical (unpaired) electrons. The molecule has 1 aliphatic heterocycles.